The topological polar surface area (TPSA) is 118 Å². The van der Waals surface area contributed by atoms with Crippen molar-refractivity contribution in [2.45, 2.75) is 234 Å². The molecule has 0 aromatic rings. The first-order chi connectivity index (χ1) is 27.1. The summed E-state index contributed by atoms with van der Waals surface area (Å²) in [6.07, 6.45) is 18.5. The van der Waals surface area contributed by atoms with E-state index in [1.54, 1.807) is 0 Å². The zero-order valence-electron chi connectivity index (χ0n) is 39.2. The molecule has 1 heterocycles. The van der Waals surface area contributed by atoms with Gasteiger partial charge >= 0.3 is 0 Å². The van der Waals surface area contributed by atoms with Gasteiger partial charge in [0.2, 0.25) is 0 Å². The van der Waals surface area contributed by atoms with Crippen molar-refractivity contribution < 1.29 is 39.4 Å². The number of rotatable bonds is 37. The van der Waals surface area contributed by atoms with Crippen LogP contribution in [0.4, 0.5) is 0 Å². The molecule has 8 heteroatoms. The SMILES string of the molecule is CC(C)CCC[C@@H](C)CCC[C@@H](C)CCC[C@H](C)CCOCC(COCC[C@@H](C)CCC[C@H](C)CCC[C@H](C)CCCC(C)C)O[C@@H]1O[C@H](CO)[C@@H](O)[C@H](O)[C@H]1O. The molecular formula is C49H98O8. The van der Waals surface area contributed by atoms with Gasteiger partial charge in [0.25, 0.3) is 0 Å². The maximum Gasteiger partial charge on any atom is 0.187 e. The Hall–Kier alpha value is -0.320. The number of ether oxygens (including phenoxy) is 4. The molecule has 0 aromatic heterocycles. The Balaban J connectivity index is 2.41. The lowest BCUT2D eigenvalue weighted by Crippen LogP contribution is -2.60. The standard InChI is InChI=1S/C49H98O8/c1-36(2)17-11-19-38(5)21-13-23-40(7)25-15-27-42(9)29-31-54-34-44(56-49-48(53)47(52)46(51)45(33-50)57-49)35-55-32-30-43(10)28-16-26-41(8)24-14-22-39(6)20-12-18-37(3)4/h36-53H,11-35H2,1-10H3/t38-,39-,40-,41-,42+,43+,45-,46-,47+,48-,49-/m1/s1. The first kappa shape index (κ1) is 54.7. The van der Waals surface area contributed by atoms with Gasteiger partial charge in [0, 0.05) is 13.2 Å². The van der Waals surface area contributed by atoms with Crippen molar-refractivity contribution in [1.82, 2.24) is 0 Å². The first-order valence-corrected chi connectivity index (χ1v) is 24.2. The van der Waals surface area contributed by atoms with Gasteiger partial charge in [0.05, 0.1) is 19.8 Å². The minimum Gasteiger partial charge on any atom is -0.394 e. The van der Waals surface area contributed by atoms with Crippen LogP contribution in [0.5, 0.6) is 0 Å². The van der Waals surface area contributed by atoms with Crippen LogP contribution in [0.2, 0.25) is 0 Å². The monoisotopic (exact) mass is 815 g/mol. The Morgan fingerprint density at radius 1 is 0.421 bits per heavy atom. The van der Waals surface area contributed by atoms with Gasteiger partial charge in [-0.2, -0.15) is 0 Å². The molecule has 0 unspecified atom stereocenters. The molecule has 11 atom stereocenters. The summed E-state index contributed by atoms with van der Waals surface area (Å²) >= 11 is 0. The minimum atomic E-state index is -1.48. The lowest BCUT2D eigenvalue weighted by Gasteiger charge is -2.40. The smallest absolute Gasteiger partial charge is 0.187 e. The Bertz CT molecular complexity index is 849. The highest BCUT2D eigenvalue weighted by molar-refractivity contribution is 4.89. The second kappa shape index (κ2) is 33.3. The third-order valence-corrected chi connectivity index (χ3v) is 12.8. The van der Waals surface area contributed by atoms with Crippen molar-refractivity contribution in [2.75, 3.05) is 33.0 Å². The average Bonchev–Trinajstić information content (AvgIpc) is 3.14. The summed E-state index contributed by atoms with van der Waals surface area (Å²) in [6.45, 7) is 24.8. The molecule has 1 saturated heterocycles. The summed E-state index contributed by atoms with van der Waals surface area (Å²) in [4.78, 5) is 0. The zero-order valence-corrected chi connectivity index (χ0v) is 39.2. The Labute approximate surface area is 353 Å². The summed E-state index contributed by atoms with van der Waals surface area (Å²) in [5.41, 5.74) is 0. The highest BCUT2D eigenvalue weighted by Crippen LogP contribution is 2.26. The van der Waals surface area contributed by atoms with Crippen LogP contribution in [0.15, 0.2) is 0 Å². The molecule has 0 radical (unpaired) electrons. The molecule has 1 fully saturated rings. The van der Waals surface area contributed by atoms with Crippen molar-refractivity contribution in [3.8, 4) is 0 Å². The predicted octanol–water partition coefficient (Wildman–Crippen LogP) is 11.1. The van der Waals surface area contributed by atoms with Crippen molar-refractivity contribution in [1.29, 1.82) is 0 Å². The molecule has 0 bridgehead atoms. The van der Waals surface area contributed by atoms with E-state index in [1.807, 2.05) is 0 Å². The number of aliphatic hydroxyl groups is 4. The van der Waals surface area contributed by atoms with Gasteiger partial charge in [0.15, 0.2) is 6.29 Å². The molecule has 0 aromatic carbocycles. The van der Waals surface area contributed by atoms with E-state index in [9.17, 15) is 20.4 Å². The van der Waals surface area contributed by atoms with Gasteiger partial charge in [-0.1, -0.05) is 185 Å². The lowest BCUT2D eigenvalue weighted by molar-refractivity contribution is -0.316. The summed E-state index contributed by atoms with van der Waals surface area (Å²) in [7, 11) is 0. The van der Waals surface area contributed by atoms with Gasteiger partial charge < -0.3 is 39.4 Å². The van der Waals surface area contributed by atoms with Crippen LogP contribution in [0, 0.1) is 47.3 Å². The van der Waals surface area contributed by atoms with Crippen LogP contribution in [0.25, 0.3) is 0 Å². The number of hydrogen-bond acceptors (Lipinski definition) is 8. The van der Waals surface area contributed by atoms with E-state index in [0.29, 0.717) is 25.0 Å². The van der Waals surface area contributed by atoms with Crippen molar-refractivity contribution in [3.05, 3.63) is 0 Å². The fraction of sp³-hybridized carbons (Fsp3) is 1.00. The minimum absolute atomic E-state index is 0.263. The highest BCUT2D eigenvalue weighted by atomic mass is 16.7. The van der Waals surface area contributed by atoms with Gasteiger partial charge in [-0.3, -0.25) is 0 Å². The second-order valence-corrected chi connectivity index (χ2v) is 20.2. The summed E-state index contributed by atoms with van der Waals surface area (Å²) in [6, 6.07) is 0. The summed E-state index contributed by atoms with van der Waals surface area (Å²) in [5, 5.41) is 40.8. The lowest BCUT2D eigenvalue weighted by atomic mass is 9.91. The number of aliphatic hydroxyl groups excluding tert-OH is 4. The molecule has 0 aliphatic carbocycles. The van der Waals surface area contributed by atoms with Crippen LogP contribution < -0.4 is 0 Å². The molecule has 0 amide bonds. The molecular weight excluding hydrogens is 717 g/mol. The molecule has 0 spiro atoms. The van der Waals surface area contributed by atoms with Crippen LogP contribution in [0.3, 0.4) is 0 Å². The van der Waals surface area contributed by atoms with Gasteiger partial charge in [0.1, 0.15) is 30.5 Å². The van der Waals surface area contributed by atoms with Crippen LogP contribution in [-0.4, -0.2) is 90.3 Å². The normalized spacial score (nSPS) is 24.1. The fourth-order valence-electron chi connectivity index (χ4n) is 8.37. The van der Waals surface area contributed by atoms with E-state index >= 15 is 0 Å². The largest absolute Gasteiger partial charge is 0.394 e. The van der Waals surface area contributed by atoms with Gasteiger partial charge in [-0.15, -0.1) is 0 Å². The van der Waals surface area contributed by atoms with Crippen molar-refractivity contribution in [2.24, 2.45) is 47.3 Å². The van der Waals surface area contributed by atoms with E-state index in [1.165, 1.54) is 116 Å². The molecule has 0 saturated carbocycles. The quantitative estimate of drug-likeness (QED) is 0.0458. The van der Waals surface area contributed by atoms with Crippen LogP contribution in [0.1, 0.15) is 198 Å². The van der Waals surface area contributed by atoms with E-state index in [2.05, 4.69) is 69.2 Å². The Kier molecular flexibility index (Phi) is 32.0. The second-order valence-electron chi connectivity index (χ2n) is 20.2. The van der Waals surface area contributed by atoms with Crippen LogP contribution in [-0.2, 0) is 18.9 Å². The molecule has 1 rings (SSSR count). The average molecular weight is 815 g/mol. The summed E-state index contributed by atoms with van der Waals surface area (Å²) in [5.74, 6) is 6.02. The molecule has 1 aliphatic rings. The van der Waals surface area contributed by atoms with Gasteiger partial charge in [-0.25, -0.2) is 0 Å². The Morgan fingerprint density at radius 2 is 0.737 bits per heavy atom. The Morgan fingerprint density at radius 3 is 1.05 bits per heavy atom. The molecule has 342 valence electrons. The zero-order chi connectivity index (χ0) is 42.6. The van der Waals surface area contributed by atoms with Crippen molar-refractivity contribution in [3.63, 3.8) is 0 Å². The molecule has 57 heavy (non-hydrogen) atoms. The van der Waals surface area contributed by atoms with Gasteiger partial charge in [-0.05, 0) is 60.2 Å². The molecule has 1 aliphatic heterocycles. The van der Waals surface area contributed by atoms with Crippen LogP contribution >= 0.6 is 0 Å². The third-order valence-electron chi connectivity index (χ3n) is 12.8. The predicted molar refractivity (Wildman–Crippen MR) is 237 cm³/mol. The highest BCUT2D eigenvalue weighted by Gasteiger charge is 2.44. The van der Waals surface area contributed by atoms with E-state index in [-0.39, 0.29) is 13.2 Å². The van der Waals surface area contributed by atoms with E-state index < -0.39 is 43.4 Å². The molecule has 4 N–H and O–H groups in total. The number of hydrogen-bond donors (Lipinski definition) is 4. The summed E-state index contributed by atoms with van der Waals surface area (Å²) < 4.78 is 24.0. The molecule has 8 nitrogen and oxygen atoms in total. The maximum atomic E-state index is 10.6. The van der Waals surface area contributed by atoms with E-state index in [0.717, 1.165) is 48.3 Å². The first-order valence-electron chi connectivity index (χ1n) is 24.2. The maximum absolute atomic E-state index is 10.6. The van der Waals surface area contributed by atoms with Crippen molar-refractivity contribution >= 4 is 0 Å². The third kappa shape index (κ3) is 28.0. The fourth-order valence-corrected chi connectivity index (χ4v) is 8.37. The van der Waals surface area contributed by atoms with E-state index in [4.69, 9.17) is 18.9 Å².